The van der Waals surface area contributed by atoms with Crippen LogP contribution in [0.25, 0.3) is 0 Å². The van der Waals surface area contributed by atoms with Crippen molar-refractivity contribution in [3.05, 3.63) is 0 Å². The monoisotopic (exact) mass is 469 g/mol. The average Bonchev–Trinajstić information content (AvgIpc) is 2.94. The van der Waals surface area contributed by atoms with Gasteiger partial charge in [0.2, 0.25) is 0 Å². The molecule has 0 unspecified atom stereocenters. The molecule has 0 radical (unpaired) electrons. The molecule has 1 rings (SSSR count). The third-order valence-electron chi connectivity index (χ3n) is 5.70. The van der Waals surface area contributed by atoms with Crippen molar-refractivity contribution in [3.8, 4) is 0 Å². The van der Waals surface area contributed by atoms with E-state index in [1.54, 1.807) is 0 Å². The molecule has 1 heterocycles. The molecule has 1 nitrogen and oxygen atoms in total. The Hall–Kier alpha value is 0.920. The van der Waals surface area contributed by atoms with Crippen molar-refractivity contribution in [2.75, 3.05) is 26.7 Å². The Labute approximate surface area is 174 Å². The largest absolute Gasteiger partial charge is 1.00 e. The third kappa shape index (κ3) is 15.2. The highest BCUT2D eigenvalue weighted by Crippen LogP contribution is 2.18. The van der Waals surface area contributed by atoms with E-state index in [1.807, 2.05) is 0 Å². The van der Waals surface area contributed by atoms with Crippen molar-refractivity contribution >= 4 is 17.0 Å². The fraction of sp³-hybridized carbons (Fsp3) is 1.00. The molecule has 0 aromatic carbocycles. The van der Waals surface area contributed by atoms with Gasteiger partial charge in [-0.15, -0.1) is 17.0 Å². The van der Waals surface area contributed by atoms with Gasteiger partial charge in [-0.3, -0.25) is 0 Å². The van der Waals surface area contributed by atoms with Crippen LogP contribution in [0.15, 0.2) is 0 Å². The van der Waals surface area contributed by atoms with Crippen molar-refractivity contribution in [2.24, 2.45) is 0 Å². The number of rotatable bonds is 15. The molecule has 1 aliphatic rings. The number of quaternary nitrogens is 1. The predicted octanol–water partition coefficient (Wildman–Crippen LogP) is 4.29. The molecular formula is C21H45Br2N. The quantitative estimate of drug-likeness (QED) is 0.247. The van der Waals surface area contributed by atoms with Crippen LogP contribution < -0.4 is 17.0 Å². The van der Waals surface area contributed by atoms with Crippen molar-refractivity contribution in [3.63, 3.8) is 0 Å². The van der Waals surface area contributed by atoms with E-state index in [2.05, 4.69) is 14.0 Å². The van der Waals surface area contributed by atoms with E-state index in [0.717, 1.165) is 0 Å². The number of halogens is 2. The fourth-order valence-electron chi connectivity index (χ4n) is 4.01. The number of unbranched alkanes of at least 4 members (excludes halogenated alkanes) is 13. The number of hydrogen-bond donors (Lipinski definition) is 0. The van der Waals surface area contributed by atoms with E-state index in [0.29, 0.717) is 0 Å². The van der Waals surface area contributed by atoms with Crippen molar-refractivity contribution < 1.29 is 21.5 Å². The van der Waals surface area contributed by atoms with E-state index in [-0.39, 0.29) is 34.0 Å². The predicted molar refractivity (Wildman–Crippen MR) is 111 cm³/mol. The van der Waals surface area contributed by atoms with Gasteiger partial charge in [-0.1, -0.05) is 84.0 Å². The third-order valence-corrected chi connectivity index (χ3v) is 5.70. The first kappa shape index (κ1) is 27.1. The van der Waals surface area contributed by atoms with Gasteiger partial charge in [-0.25, -0.2) is 0 Å². The SMILES string of the molecule is Br.CCCCCCCCCCCCCCCC[N+]1(C)CCCC1.[Br-]. The number of likely N-dealkylation sites (tertiary alicyclic amines) is 1. The minimum absolute atomic E-state index is 0. The van der Waals surface area contributed by atoms with Gasteiger partial charge in [0.05, 0.1) is 26.7 Å². The van der Waals surface area contributed by atoms with Crippen LogP contribution in [-0.2, 0) is 0 Å². The first-order valence-electron chi connectivity index (χ1n) is 10.6. The fourth-order valence-corrected chi connectivity index (χ4v) is 4.01. The van der Waals surface area contributed by atoms with E-state index in [9.17, 15) is 0 Å². The van der Waals surface area contributed by atoms with Gasteiger partial charge < -0.3 is 21.5 Å². The maximum Gasteiger partial charge on any atom is 0.0786 e. The zero-order chi connectivity index (χ0) is 15.9. The molecule has 0 atom stereocenters. The summed E-state index contributed by atoms with van der Waals surface area (Å²) in [5.74, 6) is 0. The Morgan fingerprint density at radius 1 is 0.583 bits per heavy atom. The van der Waals surface area contributed by atoms with Gasteiger partial charge in [0.25, 0.3) is 0 Å². The topological polar surface area (TPSA) is 0 Å². The average molecular weight is 471 g/mol. The van der Waals surface area contributed by atoms with Gasteiger partial charge in [-0.2, -0.15) is 0 Å². The Balaban J connectivity index is 0. The number of hydrogen-bond acceptors (Lipinski definition) is 0. The lowest BCUT2D eigenvalue weighted by molar-refractivity contribution is -0.897. The summed E-state index contributed by atoms with van der Waals surface area (Å²) >= 11 is 0. The lowest BCUT2D eigenvalue weighted by Gasteiger charge is -2.29. The Morgan fingerprint density at radius 2 is 0.917 bits per heavy atom. The molecule has 0 aromatic rings. The summed E-state index contributed by atoms with van der Waals surface area (Å²) in [6.45, 7) is 6.63. The van der Waals surface area contributed by atoms with Gasteiger partial charge in [0.1, 0.15) is 0 Å². The van der Waals surface area contributed by atoms with Gasteiger partial charge in [-0.05, 0) is 12.8 Å². The first-order valence-corrected chi connectivity index (χ1v) is 10.6. The second-order valence-corrected chi connectivity index (χ2v) is 8.09. The van der Waals surface area contributed by atoms with E-state index in [4.69, 9.17) is 0 Å². The van der Waals surface area contributed by atoms with Gasteiger partial charge >= 0.3 is 0 Å². The van der Waals surface area contributed by atoms with Crippen molar-refractivity contribution in [1.29, 1.82) is 0 Å². The Morgan fingerprint density at radius 3 is 1.29 bits per heavy atom. The smallest absolute Gasteiger partial charge is 0.0786 e. The molecule has 0 saturated carbocycles. The highest BCUT2D eigenvalue weighted by Gasteiger charge is 2.25. The summed E-state index contributed by atoms with van der Waals surface area (Å²) < 4.78 is 1.37. The first-order chi connectivity index (χ1) is 10.8. The molecule has 0 aliphatic carbocycles. The van der Waals surface area contributed by atoms with Crippen LogP contribution in [0.1, 0.15) is 110 Å². The normalized spacial score (nSPS) is 15.8. The van der Waals surface area contributed by atoms with Crippen LogP contribution in [0.2, 0.25) is 0 Å². The van der Waals surface area contributed by atoms with E-state index in [1.165, 1.54) is 127 Å². The van der Waals surface area contributed by atoms with Crippen molar-refractivity contribution in [1.82, 2.24) is 0 Å². The van der Waals surface area contributed by atoms with Crippen LogP contribution >= 0.6 is 17.0 Å². The Kier molecular flexibility index (Phi) is 21.2. The highest BCUT2D eigenvalue weighted by atomic mass is 79.9. The van der Waals surface area contributed by atoms with Crippen LogP contribution in [0.5, 0.6) is 0 Å². The minimum atomic E-state index is 0. The summed E-state index contributed by atoms with van der Waals surface area (Å²) in [6, 6.07) is 0. The molecule has 3 heteroatoms. The molecule has 0 N–H and O–H groups in total. The molecule has 1 fully saturated rings. The summed E-state index contributed by atoms with van der Waals surface area (Å²) in [5.41, 5.74) is 0. The summed E-state index contributed by atoms with van der Waals surface area (Å²) in [7, 11) is 2.47. The maximum absolute atomic E-state index is 2.47. The molecule has 0 amide bonds. The number of nitrogens with zero attached hydrogens (tertiary/aromatic N) is 1. The summed E-state index contributed by atoms with van der Waals surface area (Å²) in [4.78, 5) is 0. The minimum Gasteiger partial charge on any atom is -1.00 e. The Bertz CT molecular complexity index is 240. The van der Waals surface area contributed by atoms with E-state index >= 15 is 0 Å². The van der Waals surface area contributed by atoms with Crippen LogP contribution in [0.4, 0.5) is 0 Å². The lowest BCUT2D eigenvalue weighted by Crippen LogP contribution is -3.00. The standard InChI is InChI=1S/C21H44N.2BrH/c1-3-4-5-6-7-8-9-10-11-12-13-14-15-16-19-22(2)20-17-18-21-22;;/h3-21H2,1-2H3;2*1H/q+1;;/p-1. The second kappa shape index (κ2) is 18.7. The molecule has 148 valence electrons. The maximum atomic E-state index is 2.47. The molecule has 0 bridgehead atoms. The van der Waals surface area contributed by atoms with E-state index < -0.39 is 0 Å². The molecule has 24 heavy (non-hydrogen) atoms. The van der Waals surface area contributed by atoms with Crippen LogP contribution in [0, 0.1) is 0 Å². The molecule has 1 aliphatic heterocycles. The molecule has 0 aromatic heterocycles. The second-order valence-electron chi connectivity index (χ2n) is 8.09. The van der Waals surface area contributed by atoms with Gasteiger partial charge in [0, 0.05) is 12.8 Å². The van der Waals surface area contributed by atoms with Gasteiger partial charge in [0.15, 0.2) is 0 Å². The molecular weight excluding hydrogens is 426 g/mol. The summed E-state index contributed by atoms with van der Waals surface area (Å²) in [5, 5.41) is 0. The highest BCUT2D eigenvalue weighted by molar-refractivity contribution is 8.93. The van der Waals surface area contributed by atoms with Crippen LogP contribution in [-0.4, -0.2) is 31.2 Å². The van der Waals surface area contributed by atoms with Crippen molar-refractivity contribution in [2.45, 2.75) is 110 Å². The molecule has 1 saturated heterocycles. The molecule has 0 spiro atoms. The summed E-state index contributed by atoms with van der Waals surface area (Å²) in [6.07, 6.45) is 23.5. The zero-order valence-corrected chi connectivity index (χ0v) is 20.0. The zero-order valence-electron chi connectivity index (χ0n) is 16.7. The lowest BCUT2D eigenvalue weighted by atomic mass is 10.0. The van der Waals surface area contributed by atoms with Crippen LogP contribution in [0.3, 0.4) is 0 Å².